The summed E-state index contributed by atoms with van der Waals surface area (Å²) >= 11 is 0. The Labute approximate surface area is 149 Å². The second-order valence-corrected chi connectivity index (χ2v) is 7.01. The molecule has 0 saturated heterocycles. The highest BCUT2D eigenvalue weighted by molar-refractivity contribution is 5.81. The standard InChI is InChI=1S/C21H38O3/c1-2-3-4-5-6-7-8-9-10-11-12-17-23-18-19-24-21(22)16-15-20-13-14-20/h15-16,20H,2-14,17-19H2,1H3/b16-15+. The topological polar surface area (TPSA) is 35.5 Å². The third-order valence-corrected chi connectivity index (χ3v) is 4.49. The van der Waals surface area contributed by atoms with Crippen LogP contribution in [0.2, 0.25) is 0 Å². The Morgan fingerprint density at radius 2 is 1.42 bits per heavy atom. The van der Waals surface area contributed by atoms with Crippen molar-refractivity contribution in [1.29, 1.82) is 0 Å². The van der Waals surface area contributed by atoms with Crippen molar-refractivity contribution in [3.8, 4) is 0 Å². The molecule has 1 saturated carbocycles. The van der Waals surface area contributed by atoms with Gasteiger partial charge in [-0.05, 0) is 25.2 Å². The maximum Gasteiger partial charge on any atom is 0.330 e. The Morgan fingerprint density at radius 1 is 0.833 bits per heavy atom. The molecule has 0 heterocycles. The number of carbonyl (C=O) groups excluding carboxylic acids is 1. The van der Waals surface area contributed by atoms with Crippen LogP contribution in [0.25, 0.3) is 0 Å². The molecule has 0 aromatic carbocycles. The van der Waals surface area contributed by atoms with E-state index in [-0.39, 0.29) is 5.97 Å². The molecule has 1 aliphatic carbocycles. The second kappa shape index (κ2) is 15.7. The van der Waals surface area contributed by atoms with Gasteiger partial charge in [-0.15, -0.1) is 0 Å². The summed E-state index contributed by atoms with van der Waals surface area (Å²) in [6.45, 7) is 3.93. The van der Waals surface area contributed by atoms with Crippen LogP contribution in [0.4, 0.5) is 0 Å². The average Bonchev–Trinajstić information content (AvgIpc) is 3.41. The molecule has 1 aliphatic rings. The third kappa shape index (κ3) is 14.7. The van der Waals surface area contributed by atoms with Gasteiger partial charge in [-0.25, -0.2) is 4.79 Å². The Kier molecular flexibility index (Phi) is 13.9. The summed E-state index contributed by atoms with van der Waals surface area (Å²) < 4.78 is 10.6. The predicted molar refractivity (Wildman–Crippen MR) is 100 cm³/mol. The lowest BCUT2D eigenvalue weighted by molar-refractivity contribution is -0.139. The van der Waals surface area contributed by atoms with E-state index in [2.05, 4.69) is 6.92 Å². The highest BCUT2D eigenvalue weighted by Gasteiger charge is 2.17. The number of hydrogen-bond acceptors (Lipinski definition) is 3. The van der Waals surface area contributed by atoms with Gasteiger partial charge in [0, 0.05) is 12.7 Å². The number of esters is 1. The molecule has 140 valence electrons. The molecule has 0 aromatic rings. The molecular formula is C21H38O3. The Balaban J connectivity index is 1.69. The van der Waals surface area contributed by atoms with Crippen LogP contribution in [0.5, 0.6) is 0 Å². The average molecular weight is 339 g/mol. The molecule has 0 N–H and O–H groups in total. The second-order valence-electron chi connectivity index (χ2n) is 7.01. The molecule has 0 aliphatic heterocycles. The molecular weight excluding hydrogens is 300 g/mol. The minimum atomic E-state index is -0.236. The first-order chi connectivity index (χ1) is 11.8. The lowest BCUT2D eigenvalue weighted by Crippen LogP contribution is -2.09. The van der Waals surface area contributed by atoms with Crippen LogP contribution in [0.1, 0.15) is 90.4 Å². The van der Waals surface area contributed by atoms with E-state index in [9.17, 15) is 4.79 Å². The SMILES string of the molecule is CCCCCCCCCCCCCOCCOC(=O)/C=C/C1CC1. The summed E-state index contributed by atoms with van der Waals surface area (Å²) in [4.78, 5) is 11.3. The van der Waals surface area contributed by atoms with Crippen molar-refractivity contribution >= 4 is 5.97 Å². The van der Waals surface area contributed by atoms with E-state index in [4.69, 9.17) is 9.47 Å². The molecule has 24 heavy (non-hydrogen) atoms. The lowest BCUT2D eigenvalue weighted by atomic mass is 10.1. The van der Waals surface area contributed by atoms with Crippen LogP contribution in [-0.4, -0.2) is 25.8 Å². The lowest BCUT2D eigenvalue weighted by Gasteiger charge is -2.05. The molecule has 0 radical (unpaired) electrons. The molecule has 0 amide bonds. The largest absolute Gasteiger partial charge is 0.460 e. The van der Waals surface area contributed by atoms with Gasteiger partial charge in [-0.1, -0.05) is 77.2 Å². The number of unbranched alkanes of at least 4 members (excludes halogenated alkanes) is 10. The van der Waals surface area contributed by atoms with E-state index in [1.807, 2.05) is 6.08 Å². The smallest absolute Gasteiger partial charge is 0.330 e. The van der Waals surface area contributed by atoms with Crippen molar-refractivity contribution in [2.24, 2.45) is 5.92 Å². The number of hydrogen-bond donors (Lipinski definition) is 0. The summed E-state index contributed by atoms with van der Waals surface area (Å²) in [5, 5.41) is 0. The van der Waals surface area contributed by atoms with E-state index < -0.39 is 0 Å². The number of allylic oxidation sites excluding steroid dienone is 1. The molecule has 3 heteroatoms. The zero-order valence-corrected chi connectivity index (χ0v) is 15.8. The van der Waals surface area contributed by atoms with Crippen LogP contribution in [-0.2, 0) is 14.3 Å². The molecule has 0 atom stereocenters. The van der Waals surface area contributed by atoms with Gasteiger partial charge in [0.1, 0.15) is 6.61 Å². The maximum atomic E-state index is 11.3. The predicted octanol–water partition coefficient (Wildman–Crippen LogP) is 5.82. The zero-order valence-electron chi connectivity index (χ0n) is 15.8. The highest BCUT2D eigenvalue weighted by atomic mass is 16.6. The Morgan fingerprint density at radius 3 is 2.00 bits per heavy atom. The van der Waals surface area contributed by atoms with Crippen LogP contribution >= 0.6 is 0 Å². The minimum absolute atomic E-state index is 0.236. The van der Waals surface area contributed by atoms with Crippen LogP contribution in [0, 0.1) is 5.92 Å². The molecule has 0 aromatic heterocycles. The zero-order chi connectivity index (χ0) is 17.3. The highest BCUT2D eigenvalue weighted by Crippen LogP contribution is 2.29. The van der Waals surface area contributed by atoms with Gasteiger partial charge < -0.3 is 9.47 Å². The van der Waals surface area contributed by atoms with E-state index in [1.54, 1.807) is 6.08 Å². The van der Waals surface area contributed by atoms with E-state index in [0.717, 1.165) is 13.0 Å². The Bertz CT molecular complexity index is 321. The fourth-order valence-electron chi connectivity index (χ4n) is 2.72. The summed E-state index contributed by atoms with van der Waals surface area (Å²) in [5.74, 6) is 0.384. The van der Waals surface area contributed by atoms with E-state index in [1.165, 1.54) is 77.0 Å². The fourth-order valence-corrected chi connectivity index (χ4v) is 2.72. The van der Waals surface area contributed by atoms with Crippen LogP contribution in [0.3, 0.4) is 0 Å². The van der Waals surface area contributed by atoms with Crippen molar-refractivity contribution in [3.63, 3.8) is 0 Å². The normalized spacial score (nSPS) is 14.4. The number of rotatable bonds is 17. The van der Waals surface area contributed by atoms with Crippen LogP contribution < -0.4 is 0 Å². The van der Waals surface area contributed by atoms with Crippen molar-refractivity contribution < 1.29 is 14.3 Å². The molecule has 0 spiro atoms. The first-order valence-corrected chi connectivity index (χ1v) is 10.3. The minimum Gasteiger partial charge on any atom is -0.460 e. The quantitative estimate of drug-likeness (QED) is 0.190. The molecule has 0 unspecified atom stereocenters. The monoisotopic (exact) mass is 338 g/mol. The Hall–Kier alpha value is -0.830. The maximum absolute atomic E-state index is 11.3. The van der Waals surface area contributed by atoms with E-state index in [0.29, 0.717) is 19.1 Å². The third-order valence-electron chi connectivity index (χ3n) is 4.49. The molecule has 1 rings (SSSR count). The van der Waals surface area contributed by atoms with Gasteiger partial charge in [0.25, 0.3) is 0 Å². The van der Waals surface area contributed by atoms with Gasteiger partial charge >= 0.3 is 5.97 Å². The summed E-state index contributed by atoms with van der Waals surface area (Å²) in [5.41, 5.74) is 0. The van der Waals surface area contributed by atoms with Crippen LogP contribution in [0.15, 0.2) is 12.2 Å². The van der Waals surface area contributed by atoms with Crippen molar-refractivity contribution in [1.82, 2.24) is 0 Å². The van der Waals surface area contributed by atoms with Gasteiger partial charge in [-0.2, -0.15) is 0 Å². The number of carbonyl (C=O) groups is 1. The molecule has 0 bridgehead atoms. The van der Waals surface area contributed by atoms with Crippen molar-refractivity contribution in [3.05, 3.63) is 12.2 Å². The fraction of sp³-hybridized carbons (Fsp3) is 0.857. The van der Waals surface area contributed by atoms with Gasteiger partial charge in [0.05, 0.1) is 6.61 Å². The summed E-state index contributed by atoms with van der Waals surface area (Å²) in [6, 6.07) is 0. The van der Waals surface area contributed by atoms with Gasteiger partial charge in [-0.3, -0.25) is 0 Å². The number of ether oxygens (including phenoxy) is 2. The first-order valence-electron chi connectivity index (χ1n) is 10.3. The van der Waals surface area contributed by atoms with E-state index >= 15 is 0 Å². The first kappa shape index (κ1) is 21.2. The van der Waals surface area contributed by atoms with Crippen molar-refractivity contribution in [2.75, 3.05) is 19.8 Å². The summed E-state index contributed by atoms with van der Waals surface area (Å²) in [7, 11) is 0. The molecule has 3 nitrogen and oxygen atoms in total. The van der Waals surface area contributed by atoms with Gasteiger partial charge in [0.15, 0.2) is 0 Å². The molecule has 1 fully saturated rings. The van der Waals surface area contributed by atoms with Gasteiger partial charge in [0.2, 0.25) is 0 Å². The van der Waals surface area contributed by atoms with Crippen molar-refractivity contribution in [2.45, 2.75) is 90.4 Å². The summed E-state index contributed by atoms with van der Waals surface area (Å²) in [6.07, 6.45) is 20.8.